The monoisotopic (exact) mass is 299 g/mol. The minimum absolute atomic E-state index is 0.0350. The standard InChI is InChI=1S/C17H21N3O2/c21-17(19-12-14-5-3-9-18-11-14)20(15-6-1-2-7-15)13-16-8-4-10-22-16/h3-5,8-11,15H,1-2,6-7,12-13H2,(H,19,21). The molecule has 1 N–H and O–H groups in total. The smallest absolute Gasteiger partial charge is 0.318 e. The Bertz CT molecular complexity index is 577. The molecule has 1 aliphatic carbocycles. The van der Waals surface area contributed by atoms with Crippen molar-refractivity contribution >= 4 is 6.03 Å². The Morgan fingerprint density at radius 2 is 2.18 bits per heavy atom. The first-order valence-electron chi connectivity index (χ1n) is 7.78. The summed E-state index contributed by atoms with van der Waals surface area (Å²) in [6.07, 6.45) is 9.67. The van der Waals surface area contributed by atoms with E-state index < -0.39 is 0 Å². The van der Waals surface area contributed by atoms with Crippen molar-refractivity contribution in [3.63, 3.8) is 0 Å². The Kier molecular flexibility index (Phi) is 4.73. The van der Waals surface area contributed by atoms with Crippen molar-refractivity contribution in [2.75, 3.05) is 0 Å². The minimum atomic E-state index is -0.0350. The van der Waals surface area contributed by atoms with Gasteiger partial charge in [0, 0.05) is 25.0 Å². The van der Waals surface area contributed by atoms with Gasteiger partial charge in [-0.15, -0.1) is 0 Å². The van der Waals surface area contributed by atoms with E-state index in [1.165, 1.54) is 12.8 Å². The van der Waals surface area contributed by atoms with Crippen molar-refractivity contribution in [1.82, 2.24) is 15.2 Å². The molecular weight excluding hydrogens is 278 g/mol. The second kappa shape index (κ2) is 7.11. The molecule has 0 spiro atoms. The second-order valence-corrected chi connectivity index (χ2v) is 5.67. The normalized spacial score (nSPS) is 14.9. The van der Waals surface area contributed by atoms with Crippen LogP contribution in [0.1, 0.15) is 37.0 Å². The molecule has 0 saturated heterocycles. The lowest BCUT2D eigenvalue weighted by Crippen LogP contribution is -2.44. The fourth-order valence-electron chi connectivity index (χ4n) is 2.94. The molecule has 0 atom stereocenters. The zero-order chi connectivity index (χ0) is 15.2. The fraction of sp³-hybridized carbons (Fsp3) is 0.412. The SMILES string of the molecule is O=C(NCc1cccnc1)N(Cc1ccco1)C1CCCC1. The van der Waals surface area contributed by atoms with Gasteiger partial charge in [-0.2, -0.15) is 0 Å². The highest BCUT2D eigenvalue weighted by Crippen LogP contribution is 2.25. The first kappa shape index (κ1) is 14.6. The average molecular weight is 299 g/mol. The number of furan rings is 1. The molecule has 2 aromatic rings. The number of hydrogen-bond donors (Lipinski definition) is 1. The van der Waals surface area contributed by atoms with Gasteiger partial charge in [0.05, 0.1) is 12.8 Å². The molecule has 5 nitrogen and oxygen atoms in total. The van der Waals surface area contributed by atoms with E-state index in [1.807, 2.05) is 29.2 Å². The first-order chi connectivity index (χ1) is 10.8. The first-order valence-corrected chi connectivity index (χ1v) is 7.78. The summed E-state index contributed by atoms with van der Waals surface area (Å²) in [5, 5.41) is 2.99. The number of amides is 2. The Morgan fingerprint density at radius 1 is 1.32 bits per heavy atom. The van der Waals surface area contributed by atoms with Crippen molar-refractivity contribution in [1.29, 1.82) is 0 Å². The summed E-state index contributed by atoms with van der Waals surface area (Å²) in [5.41, 5.74) is 1.00. The van der Waals surface area contributed by atoms with Gasteiger partial charge in [-0.25, -0.2) is 4.79 Å². The molecule has 116 valence electrons. The molecule has 3 rings (SSSR count). The molecule has 0 unspecified atom stereocenters. The van der Waals surface area contributed by atoms with Crippen LogP contribution in [0.25, 0.3) is 0 Å². The summed E-state index contributed by atoms with van der Waals surface area (Å²) < 4.78 is 5.40. The lowest BCUT2D eigenvalue weighted by molar-refractivity contribution is 0.164. The molecule has 2 amide bonds. The molecule has 1 aliphatic rings. The third-order valence-corrected chi connectivity index (χ3v) is 4.10. The minimum Gasteiger partial charge on any atom is -0.467 e. The zero-order valence-electron chi connectivity index (χ0n) is 12.6. The van der Waals surface area contributed by atoms with Crippen LogP contribution in [0.2, 0.25) is 0 Å². The summed E-state index contributed by atoms with van der Waals surface area (Å²) >= 11 is 0. The van der Waals surface area contributed by atoms with Crippen molar-refractivity contribution in [2.24, 2.45) is 0 Å². The van der Waals surface area contributed by atoms with Crippen molar-refractivity contribution in [2.45, 2.75) is 44.8 Å². The van der Waals surface area contributed by atoms with Crippen LogP contribution >= 0.6 is 0 Å². The van der Waals surface area contributed by atoms with E-state index in [4.69, 9.17) is 4.42 Å². The van der Waals surface area contributed by atoms with Crippen LogP contribution in [0.15, 0.2) is 47.3 Å². The number of aromatic nitrogens is 1. The second-order valence-electron chi connectivity index (χ2n) is 5.67. The van der Waals surface area contributed by atoms with Gasteiger partial charge in [-0.3, -0.25) is 4.98 Å². The van der Waals surface area contributed by atoms with Crippen LogP contribution in [-0.4, -0.2) is 22.0 Å². The van der Waals surface area contributed by atoms with Crippen LogP contribution in [-0.2, 0) is 13.1 Å². The molecule has 1 fully saturated rings. The topological polar surface area (TPSA) is 58.4 Å². The quantitative estimate of drug-likeness (QED) is 0.921. The van der Waals surface area contributed by atoms with E-state index in [0.717, 1.165) is 24.2 Å². The maximum Gasteiger partial charge on any atom is 0.318 e. The highest BCUT2D eigenvalue weighted by Gasteiger charge is 2.27. The molecule has 22 heavy (non-hydrogen) atoms. The molecule has 0 bridgehead atoms. The number of pyridine rings is 1. The molecule has 5 heteroatoms. The van der Waals surface area contributed by atoms with Crippen molar-refractivity contribution < 1.29 is 9.21 Å². The molecule has 1 saturated carbocycles. The van der Waals surface area contributed by atoms with E-state index in [1.54, 1.807) is 18.7 Å². The van der Waals surface area contributed by atoms with Crippen molar-refractivity contribution in [3.05, 3.63) is 54.2 Å². The largest absolute Gasteiger partial charge is 0.467 e. The van der Waals surface area contributed by atoms with Gasteiger partial charge in [-0.05, 0) is 36.6 Å². The third-order valence-electron chi connectivity index (χ3n) is 4.10. The van der Waals surface area contributed by atoms with Gasteiger partial charge in [0.25, 0.3) is 0 Å². The van der Waals surface area contributed by atoms with Crippen molar-refractivity contribution in [3.8, 4) is 0 Å². The maximum atomic E-state index is 12.6. The van der Waals surface area contributed by atoms with Gasteiger partial charge >= 0.3 is 6.03 Å². The van der Waals surface area contributed by atoms with Gasteiger partial charge in [0.2, 0.25) is 0 Å². The Morgan fingerprint density at radius 3 is 2.86 bits per heavy atom. The number of nitrogens with one attached hydrogen (secondary N) is 1. The van der Waals surface area contributed by atoms with Gasteiger partial charge < -0.3 is 14.6 Å². The summed E-state index contributed by atoms with van der Waals surface area (Å²) in [6.45, 7) is 1.02. The Balaban J connectivity index is 1.63. The van der Waals surface area contributed by atoms with Gasteiger partial charge in [0.15, 0.2) is 0 Å². The van der Waals surface area contributed by atoms with Gasteiger partial charge in [0.1, 0.15) is 5.76 Å². The third kappa shape index (κ3) is 3.67. The number of carbonyl (C=O) groups is 1. The van der Waals surface area contributed by atoms with E-state index in [2.05, 4.69) is 10.3 Å². The molecule has 2 heterocycles. The van der Waals surface area contributed by atoms with Gasteiger partial charge in [-0.1, -0.05) is 18.9 Å². The predicted molar refractivity (Wildman–Crippen MR) is 83.0 cm³/mol. The van der Waals surface area contributed by atoms with E-state index in [9.17, 15) is 4.79 Å². The molecule has 2 aromatic heterocycles. The van der Waals surface area contributed by atoms with Crippen LogP contribution in [0.5, 0.6) is 0 Å². The van der Waals surface area contributed by atoms with E-state index >= 15 is 0 Å². The van der Waals surface area contributed by atoms with Crippen LogP contribution < -0.4 is 5.32 Å². The molecule has 0 radical (unpaired) electrons. The van der Waals surface area contributed by atoms with Crippen LogP contribution in [0, 0.1) is 0 Å². The molecular formula is C17H21N3O2. The summed E-state index contributed by atoms with van der Waals surface area (Å²) in [6, 6.07) is 7.87. The van der Waals surface area contributed by atoms with Crippen LogP contribution in [0.3, 0.4) is 0 Å². The number of hydrogen-bond acceptors (Lipinski definition) is 3. The predicted octanol–water partition coefficient (Wildman–Crippen LogP) is 3.33. The summed E-state index contributed by atoms with van der Waals surface area (Å²) in [5.74, 6) is 0.823. The summed E-state index contributed by atoms with van der Waals surface area (Å²) in [4.78, 5) is 18.6. The average Bonchev–Trinajstić information content (AvgIpc) is 3.24. The Labute approximate surface area is 130 Å². The van der Waals surface area contributed by atoms with Crippen LogP contribution in [0.4, 0.5) is 4.79 Å². The van der Waals surface area contributed by atoms with E-state index in [0.29, 0.717) is 19.1 Å². The highest BCUT2D eigenvalue weighted by molar-refractivity contribution is 5.74. The highest BCUT2D eigenvalue weighted by atomic mass is 16.3. The summed E-state index contributed by atoms with van der Waals surface area (Å²) in [7, 11) is 0. The number of urea groups is 1. The Hall–Kier alpha value is -2.30. The van der Waals surface area contributed by atoms with E-state index in [-0.39, 0.29) is 6.03 Å². The fourth-order valence-corrected chi connectivity index (χ4v) is 2.94. The zero-order valence-corrected chi connectivity index (χ0v) is 12.6. The number of rotatable bonds is 5. The maximum absolute atomic E-state index is 12.6. The number of nitrogens with zero attached hydrogens (tertiary/aromatic N) is 2. The molecule has 0 aliphatic heterocycles. The lowest BCUT2D eigenvalue weighted by Gasteiger charge is -2.28. The number of carbonyl (C=O) groups excluding carboxylic acids is 1. The lowest BCUT2D eigenvalue weighted by atomic mass is 10.2. The molecule has 0 aromatic carbocycles.